The van der Waals surface area contributed by atoms with Crippen LogP contribution in [0.5, 0.6) is 0 Å². The lowest BCUT2D eigenvalue weighted by atomic mass is 9.47. The maximum atomic E-state index is 10.5. The van der Waals surface area contributed by atoms with Crippen molar-refractivity contribution in [3.8, 4) is 0 Å². The third kappa shape index (κ3) is 5.64. The predicted molar refractivity (Wildman–Crippen MR) is 161 cm³/mol. The molecule has 1 aliphatic heterocycles. The first-order valence-corrected chi connectivity index (χ1v) is 16.8. The van der Waals surface area contributed by atoms with Crippen LogP contribution in [0.3, 0.4) is 0 Å². The summed E-state index contributed by atoms with van der Waals surface area (Å²) < 4.78 is 11.9. The van der Waals surface area contributed by atoms with E-state index in [2.05, 4.69) is 59.8 Å². The molecule has 5 rings (SSSR count). The van der Waals surface area contributed by atoms with Crippen LogP contribution in [0, 0.1) is 52.3 Å². The number of ether oxygens (including phenoxy) is 2. The van der Waals surface area contributed by atoms with Gasteiger partial charge in [0.25, 0.3) is 0 Å². The quantitative estimate of drug-likeness (QED) is 0.281. The second-order valence-electron chi connectivity index (χ2n) is 15.3. The highest BCUT2D eigenvalue weighted by Gasteiger charge is 2.58. The largest absolute Gasteiger partial charge is 0.394 e. The van der Waals surface area contributed by atoms with E-state index in [9.17, 15) is 20.4 Å². The number of aliphatic hydroxyl groups excluding tert-OH is 4. The molecular weight excluding hydrogens is 516 g/mol. The van der Waals surface area contributed by atoms with Crippen molar-refractivity contribution in [2.75, 3.05) is 6.61 Å². The Morgan fingerprint density at radius 2 is 1.66 bits per heavy atom. The van der Waals surface area contributed by atoms with Gasteiger partial charge in [0.05, 0.1) is 12.7 Å². The molecule has 5 aliphatic rings. The topological polar surface area (TPSA) is 99.4 Å². The van der Waals surface area contributed by atoms with Crippen LogP contribution >= 0.6 is 0 Å². The lowest BCUT2D eigenvalue weighted by Crippen LogP contribution is -2.60. The normalized spacial score (nSPS) is 47.9. The van der Waals surface area contributed by atoms with Gasteiger partial charge in [0.1, 0.15) is 24.4 Å². The van der Waals surface area contributed by atoms with Crippen molar-refractivity contribution in [1.82, 2.24) is 0 Å². The average Bonchev–Trinajstić information content (AvgIpc) is 3.30. The molecule has 0 aromatic heterocycles. The highest BCUT2D eigenvalue weighted by Crippen LogP contribution is 2.67. The molecular formula is C35H58O6. The van der Waals surface area contributed by atoms with Crippen LogP contribution in [0.15, 0.2) is 23.8 Å². The lowest BCUT2D eigenvalue weighted by molar-refractivity contribution is -0.315. The van der Waals surface area contributed by atoms with Gasteiger partial charge in [-0.15, -0.1) is 0 Å². The van der Waals surface area contributed by atoms with E-state index in [0.717, 1.165) is 31.6 Å². The molecule has 4 N–H and O–H groups in total. The number of hydrogen-bond acceptors (Lipinski definition) is 6. The van der Waals surface area contributed by atoms with Crippen molar-refractivity contribution in [3.63, 3.8) is 0 Å². The molecule has 9 unspecified atom stereocenters. The molecule has 1 heterocycles. The van der Waals surface area contributed by atoms with Gasteiger partial charge < -0.3 is 29.9 Å². The maximum absolute atomic E-state index is 10.5. The maximum Gasteiger partial charge on any atom is 0.186 e. The molecule has 3 saturated carbocycles. The van der Waals surface area contributed by atoms with E-state index in [0.29, 0.717) is 40.9 Å². The van der Waals surface area contributed by atoms with Crippen LogP contribution < -0.4 is 0 Å². The number of rotatable bonds is 8. The fraction of sp³-hybridized carbons (Fsp3) is 0.886. The molecule has 41 heavy (non-hydrogen) atoms. The van der Waals surface area contributed by atoms with Crippen molar-refractivity contribution in [3.05, 3.63) is 23.8 Å². The van der Waals surface area contributed by atoms with Crippen LogP contribution in [0.25, 0.3) is 0 Å². The van der Waals surface area contributed by atoms with Gasteiger partial charge in [-0.3, -0.25) is 0 Å². The summed E-state index contributed by atoms with van der Waals surface area (Å²) in [5.41, 5.74) is 2.41. The Balaban J connectivity index is 1.26. The van der Waals surface area contributed by atoms with Gasteiger partial charge in [0, 0.05) is 0 Å². The fourth-order valence-electron chi connectivity index (χ4n) is 10.2. The van der Waals surface area contributed by atoms with Gasteiger partial charge in [-0.1, -0.05) is 65.3 Å². The summed E-state index contributed by atoms with van der Waals surface area (Å²) in [6, 6.07) is 0. The number of aliphatic hydroxyl groups is 4. The molecule has 0 aromatic rings. The summed E-state index contributed by atoms with van der Waals surface area (Å²) in [4.78, 5) is 0. The first-order chi connectivity index (χ1) is 19.4. The highest BCUT2D eigenvalue weighted by molar-refractivity contribution is 5.28. The van der Waals surface area contributed by atoms with Gasteiger partial charge in [-0.2, -0.15) is 0 Å². The zero-order valence-corrected chi connectivity index (χ0v) is 26.4. The standard InChI is InChI=1S/C35H58O6/c1-7-22(20(2)3)9-8-21(4)26-12-13-27-25-11-10-23-18-24(14-16-34(23,5)28(25)15-17-35(26,27)6)40-33-32(39)31(38)30(37)29(19-36)41-33/h8-9,11,20-24,26-33,36-39H,7,10,12-19H2,1-6H3/b9-8+/t21?,22?,23?,24?,26?,27?,28?,29-,30-,31+,32-,33-,34?,35?/m1/s1. The third-order valence-corrected chi connectivity index (χ3v) is 12.9. The van der Waals surface area contributed by atoms with Crippen molar-refractivity contribution in [1.29, 1.82) is 0 Å². The second-order valence-corrected chi connectivity index (χ2v) is 15.3. The predicted octanol–water partition coefficient (Wildman–Crippen LogP) is 5.63. The highest BCUT2D eigenvalue weighted by atomic mass is 16.7. The second kappa shape index (κ2) is 12.3. The van der Waals surface area contributed by atoms with Crippen molar-refractivity contribution in [2.45, 2.75) is 136 Å². The summed E-state index contributed by atoms with van der Waals surface area (Å²) >= 11 is 0. The van der Waals surface area contributed by atoms with Gasteiger partial charge >= 0.3 is 0 Å². The van der Waals surface area contributed by atoms with Crippen molar-refractivity contribution < 1.29 is 29.9 Å². The van der Waals surface area contributed by atoms with E-state index in [1.807, 2.05) is 0 Å². The molecule has 0 radical (unpaired) electrons. The lowest BCUT2D eigenvalue weighted by Gasteiger charge is -2.58. The molecule has 234 valence electrons. The number of hydrogen-bond donors (Lipinski definition) is 4. The van der Waals surface area contributed by atoms with Gasteiger partial charge in [-0.05, 0) is 110 Å². The Kier molecular flexibility index (Phi) is 9.51. The van der Waals surface area contributed by atoms with Gasteiger partial charge in [0.2, 0.25) is 0 Å². The molecule has 4 fully saturated rings. The minimum atomic E-state index is -1.40. The first-order valence-electron chi connectivity index (χ1n) is 16.8. The molecule has 4 aliphatic carbocycles. The summed E-state index contributed by atoms with van der Waals surface area (Å²) in [5, 5.41) is 40.4. The van der Waals surface area contributed by atoms with Gasteiger partial charge in [0.15, 0.2) is 6.29 Å². The monoisotopic (exact) mass is 574 g/mol. The van der Waals surface area contributed by atoms with Crippen molar-refractivity contribution in [2.24, 2.45) is 52.3 Å². The molecule has 6 nitrogen and oxygen atoms in total. The summed E-state index contributed by atoms with van der Waals surface area (Å²) in [6.45, 7) is 14.2. The Morgan fingerprint density at radius 1 is 0.951 bits per heavy atom. The number of fused-ring (bicyclic) bond motifs is 5. The van der Waals surface area contributed by atoms with Crippen molar-refractivity contribution >= 4 is 0 Å². The Hall–Kier alpha value is -0.760. The molecule has 14 atom stereocenters. The SMILES string of the molecule is CCC(/C=C/C(C)C1CCC2C3=CCC4CC(O[C@@H]5O[C@H](CO)[C@@H](O)[C@H](O)[C@H]5O)CCC4(C)C3CCC21C)C(C)C. The summed E-state index contributed by atoms with van der Waals surface area (Å²) in [5.74, 6) is 4.61. The zero-order chi connectivity index (χ0) is 29.7. The zero-order valence-electron chi connectivity index (χ0n) is 26.4. The first kappa shape index (κ1) is 31.7. The molecule has 6 heteroatoms. The van der Waals surface area contributed by atoms with Crippen LogP contribution in [0.4, 0.5) is 0 Å². The molecule has 0 aromatic carbocycles. The molecule has 0 bridgehead atoms. The van der Waals surface area contributed by atoms with E-state index >= 15 is 0 Å². The van der Waals surface area contributed by atoms with E-state index in [1.165, 1.54) is 32.1 Å². The smallest absolute Gasteiger partial charge is 0.186 e. The third-order valence-electron chi connectivity index (χ3n) is 12.9. The summed E-state index contributed by atoms with van der Waals surface area (Å²) in [7, 11) is 0. The van der Waals surface area contributed by atoms with Crippen LogP contribution in [-0.4, -0.2) is 63.8 Å². The van der Waals surface area contributed by atoms with E-state index in [1.54, 1.807) is 5.57 Å². The molecule has 0 spiro atoms. The number of allylic oxidation sites excluding steroid dienone is 4. The van der Waals surface area contributed by atoms with E-state index in [-0.39, 0.29) is 11.5 Å². The van der Waals surface area contributed by atoms with Crippen LogP contribution in [0.1, 0.15) is 99.3 Å². The van der Waals surface area contributed by atoms with E-state index < -0.39 is 37.3 Å². The van der Waals surface area contributed by atoms with Crippen LogP contribution in [-0.2, 0) is 9.47 Å². The Bertz CT molecular complexity index is 960. The minimum Gasteiger partial charge on any atom is -0.394 e. The molecule has 0 amide bonds. The van der Waals surface area contributed by atoms with E-state index in [4.69, 9.17) is 9.47 Å². The average molecular weight is 575 g/mol. The molecule has 1 saturated heterocycles. The minimum absolute atomic E-state index is 0.0698. The summed E-state index contributed by atoms with van der Waals surface area (Å²) in [6.07, 6.45) is 12.0. The van der Waals surface area contributed by atoms with Crippen LogP contribution in [0.2, 0.25) is 0 Å². The Labute approximate surface area is 248 Å². The van der Waals surface area contributed by atoms with Gasteiger partial charge in [-0.25, -0.2) is 0 Å². The Morgan fingerprint density at radius 3 is 2.34 bits per heavy atom. The fourth-order valence-corrected chi connectivity index (χ4v) is 10.2.